The Labute approximate surface area is 212 Å². The highest BCUT2D eigenvalue weighted by molar-refractivity contribution is 6.04. The summed E-state index contributed by atoms with van der Waals surface area (Å²) in [5.41, 5.74) is 12.8. The van der Waals surface area contributed by atoms with Crippen LogP contribution >= 0.6 is 0 Å². The minimum atomic E-state index is 0.0141. The van der Waals surface area contributed by atoms with Crippen molar-refractivity contribution < 1.29 is 4.74 Å². The zero-order valence-corrected chi connectivity index (χ0v) is 21.7. The summed E-state index contributed by atoms with van der Waals surface area (Å²) < 4.78 is 7.13. The smallest absolute Gasteiger partial charge is 0.151 e. The molecule has 9 rings (SSSR count). The number of likely N-dealkylation sites (tertiary alicyclic amines) is 1. The molecule has 2 bridgehead atoms. The highest BCUT2D eigenvalue weighted by Crippen LogP contribution is 2.71. The number of fused-ring (bicyclic) bond motifs is 4. The molecule has 0 radical (unpaired) electrons. The van der Waals surface area contributed by atoms with Crippen LogP contribution in [0.15, 0.2) is 36.4 Å². The molecule has 3 aromatic carbocycles. The van der Waals surface area contributed by atoms with E-state index in [0.717, 1.165) is 38.6 Å². The predicted molar refractivity (Wildman–Crippen MR) is 144 cm³/mol. The number of hydrogen-bond acceptors (Lipinski definition) is 3. The first-order chi connectivity index (χ1) is 17.4. The van der Waals surface area contributed by atoms with Crippen LogP contribution in [0.25, 0.3) is 21.7 Å². The van der Waals surface area contributed by atoms with Gasteiger partial charge in [-0.05, 0) is 110 Å². The van der Waals surface area contributed by atoms with E-state index in [0.29, 0.717) is 6.04 Å². The average Bonchev–Trinajstić information content (AvgIpc) is 3.45. The Morgan fingerprint density at radius 2 is 1.94 bits per heavy atom. The maximum absolute atomic E-state index is 7.13. The first-order valence-electron chi connectivity index (χ1n) is 13.8. The van der Waals surface area contributed by atoms with E-state index < -0.39 is 0 Å². The van der Waals surface area contributed by atoms with E-state index in [4.69, 9.17) is 9.72 Å². The fraction of sp³-hybridized carbons (Fsp3) is 0.424. The quantitative estimate of drug-likeness (QED) is 0.281. The summed E-state index contributed by atoms with van der Waals surface area (Å²) in [5, 5.41) is 4.20. The molecule has 3 heterocycles. The number of rotatable bonds is 0. The molecule has 3 nitrogen and oxygen atoms in total. The Balaban J connectivity index is 1.40. The average molecular weight is 473 g/mol. The number of pyridine rings is 1. The number of likely N-dealkylation sites (N-methyl/N-ethyl adjacent to an activating group) is 1. The second-order valence-electron chi connectivity index (χ2n) is 12.6. The Hall–Kier alpha value is -2.91. The van der Waals surface area contributed by atoms with Crippen LogP contribution in [-0.4, -0.2) is 29.5 Å². The second-order valence-corrected chi connectivity index (χ2v) is 12.6. The summed E-state index contributed by atoms with van der Waals surface area (Å²) in [6.45, 7) is 8.32. The van der Waals surface area contributed by atoms with Gasteiger partial charge in [0.15, 0.2) is 6.10 Å². The molecule has 1 fully saturated rings. The third-order valence-electron chi connectivity index (χ3n) is 11.3. The van der Waals surface area contributed by atoms with Crippen LogP contribution in [0.2, 0.25) is 0 Å². The number of aryl methyl sites for hydroxylation is 4. The number of ether oxygens (including phenoxy) is 1. The number of hydrogen-bond donors (Lipinski definition) is 0. The molecule has 1 spiro atoms. The van der Waals surface area contributed by atoms with Gasteiger partial charge in [-0.2, -0.15) is 0 Å². The number of benzene rings is 3. The van der Waals surface area contributed by atoms with Crippen LogP contribution in [0.3, 0.4) is 0 Å². The number of nitrogens with zero attached hydrogens (tertiary/aromatic N) is 2. The van der Waals surface area contributed by atoms with Crippen molar-refractivity contribution in [2.24, 2.45) is 5.41 Å². The number of piperidine rings is 1. The Morgan fingerprint density at radius 3 is 2.83 bits per heavy atom. The maximum Gasteiger partial charge on any atom is 0.151 e. The molecule has 3 aliphatic carbocycles. The van der Waals surface area contributed by atoms with E-state index >= 15 is 0 Å². The maximum atomic E-state index is 7.13. The van der Waals surface area contributed by atoms with Crippen molar-refractivity contribution in [1.29, 1.82) is 0 Å². The molecule has 36 heavy (non-hydrogen) atoms. The molecule has 0 N–H and O–H groups in total. The van der Waals surface area contributed by atoms with Gasteiger partial charge in [-0.3, -0.25) is 0 Å². The van der Waals surface area contributed by atoms with Gasteiger partial charge in [0.05, 0.1) is 16.6 Å². The van der Waals surface area contributed by atoms with Crippen molar-refractivity contribution in [3.8, 4) is 5.75 Å². The molecular weight excluding hydrogens is 440 g/mol. The fourth-order valence-electron chi connectivity index (χ4n) is 9.55. The van der Waals surface area contributed by atoms with E-state index in [1.54, 1.807) is 0 Å². The zero-order chi connectivity index (χ0) is 24.1. The normalized spacial score (nSPS) is 31.0. The zero-order valence-electron chi connectivity index (χ0n) is 21.7. The summed E-state index contributed by atoms with van der Waals surface area (Å²) in [6, 6.07) is 14.5. The molecule has 5 aliphatic rings. The van der Waals surface area contributed by atoms with Crippen LogP contribution in [-0.2, 0) is 31.1 Å². The van der Waals surface area contributed by atoms with E-state index in [2.05, 4.69) is 69.1 Å². The highest BCUT2D eigenvalue weighted by Gasteiger charge is 2.70. The standard InChI is InChI=1S/C33H32N2O/c1-17-8-9-21-15-25-32(3)16-24-18(2)23-14-20-7-5-6-19-10-11-22(26(19)20)28(23)34-29(24)31-33(32,12-13-35(25)4)27(21)30(17)36-31/h5-9,14,25,31H,10-13,15-16H2,1-4H3/t25-,31+,32+,33+/m1/s1. The third-order valence-corrected chi connectivity index (χ3v) is 11.3. The van der Waals surface area contributed by atoms with Crippen molar-refractivity contribution in [1.82, 2.24) is 9.88 Å². The minimum absolute atomic E-state index is 0.0141. The fourth-order valence-corrected chi connectivity index (χ4v) is 9.55. The molecule has 0 unspecified atom stereocenters. The third kappa shape index (κ3) is 1.98. The molecule has 4 atom stereocenters. The monoisotopic (exact) mass is 472 g/mol. The lowest BCUT2D eigenvalue weighted by Gasteiger charge is -2.64. The Kier molecular flexibility index (Phi) is 3.44. The lowest BCUT2D eigenvalue weighted by molar-refractivity contribution is -0.0910. The van der Waals surface area contributed by atoms with E-state index in [1.807, 2.05) is 0 Å². The molecule has 0 saturated carbocycles. The van der Waals surface area contributed by atoms with Gasteiger partial charge in [0, 0.05) is 22.4 Å². The van der Waals surface area contributed by atoms with Crippen LogP contribution in [0, 0.1) is 19.3 Å². The molecule has 180 valence electrons. The molecule has 1 aromatic heterocycles. The van der Waals surface area contributed by atoms with Gasteiger partial charge in [0.1, 0.15) is 5.75 Å². The first-order valence-corrected chi connectivity index (χ1v) is 13.8. The molecule has 1 saturated heterocycles. The largest absolute Gasteiger partial charge is 0.483 e. The topological polar surface area (TPSA) is 25.4 Å². The molecule has 3 heteroatoms. The van der Waals surface area contributed by atoms with Crippen LogP contribution < -0.4 is 4.74 Å². The summed E-state index contributed by atoms with van der Waals surface area (Å²) in [5.74, 6) is 1.17. The molecular formula is C33H32N2O. The van der Waals surface area contributed by atoms with Crippen molar-refractivity contribution in [2.45, 2.75) is 70.4 Å². The van der Waals surface area contributed by atoms with Gasteiger partial charge in [0.2, 0.25) is 0 Å². The Morgan fingerprint density at radius 1 is 1.06 bits per heavy atom. The van der Waals surface area contributed by atoms with Crippen molar-refractivity contribution in [3.05, 3.63) is 81.0 Å². The van der Waals surface area contributed by atoms with E-state index in [9.17, 15) is 0 Å². The van der Waals surface area contributed by atoms with Crippen LogP contribution in [0.4, 0.5) is 0 Å². The summed E-state index contributed by atoms with van der Waals surface area (Å²) in [6.07, 6.45) is 5.61. The van der Waals surface area contributed by atoms with Crippen molar-refractivity contribution in [3.63, 3.8) is 0 Å². The van der Waals surface area contributed by atoms with E-state index in [1.165, 1.54) is 72.1 Å². The van der Waals surface area contributed by atoms with Gasteiger partial charge in [-0.1, -0.05) is 37.3 Å². The molecule has 0 amide bonds. The van der Waals surface area contributed by atoms with Gasteiger partial charge < -0.3 is 9.64 Å². The van der Waals surface area contributed by atoms with Gasteiger partial charge >= 0.3 is 0 Å². The van der Waals surface area contributed by atoms with Gasteiger partial charge in [0.25, 0.3) is 0 Å². The lowest BCUT2D eigenvalue weighted by atomic mass is 9.44. The van der Waals surface area contributed by atoms with Crippen molar-refractivity contribution in [2.75, 3.05) is 13.6 Å². The SMILES string of the molecule is Cc1ccc2c3c1O[C@H]1c4nc5c6c7c(cccc7cc5c(C)c4C[C@@]4(C)[C@@H](C2)N(C)CC[C@]314)CC6. The lowest BCUT2D eigenvalue weighted by Crippen LogP contribution is -2.68. The summed E-state index contributed by atoms with van der Waals surface area (Å²) in [7, 11) is 2.35. The number of aromatic nitrogens is 1. The van der Waals surface area contributed by atoms with Gasteiger partial charge in [-0.25, -0.2) is 4.98 Å². The van der Waals surface area contributed by atoms with Crippen LogP contribution in [0.1, 0.15) is 64.1 Å². The first kappa shape index (κ1) is 20.2. The summed E-state index contributed by atoms with van der Waals surface area (Å²) in [4.78, 5) is 8.27. The Bertz CT molecular complexity index is 1700. The second kappa shape index (κ2) is 6.14. The summed E-state index contributed by atoms with van der Waals surface area (Å²) >= 11 is 0. The molecule has 2 aliphatic heterocycles. The van der Waals surface area contributed by atoms with Crippen LogP contribution in [0.5, 0.6) is 5.75 Å². The highest BCUT2D eigenvalue weighted by atomic mass is 16.5. The van der Waals surface area contributed by atoms with Gasteiger partial charge in [-0.15, -0.1) is 0 Å². The predicted octanol–water partition coefficient (Wildman–Crippen LogP) is 6.30. The minimum Gasteiger partial charge on any atom is -0.483 e. The van der Waals surface area contributed by atoms with Crippen molar-refractivity contribution >= 4 is 21.7 Å². The molecule has 4 aromatic rings. The van der Waals surface area contributed by atoms with E-state index in [-0.39, 0.29) is 16.9 Å².